The quantitative estimate of drug-likeness (QED) is 0.374. The van der Waals surface area contributed by atoms with Crippen molar-refractivity contribution >= 4 is 17.3 Å². The van der Waals surface area contributed by atoms with Gasteiger partial charge in [-0.15, -0.1) is 6.58 Å². The Kier molecular flexibility index (Phi) is 8.02. The van der Waals surface area contributed by atoms with Crippen molar-refractivity contribution in [3.05, 3.63) is 83.4 Å². The van der Waals surface area contributed by atoms with Gasteiger partial charge in [-0.1, -0.05) is 96.1 Å². The molecular weight excluding hydrogens is 422 g/mol. The van der Waals surface area contributed by atoms with Crippen LogP contribution in [0.2, 0.25) is 0 Å². The van der Waals surface area contributed by atoms with Crippen LogP contribution >= 0.6 is 12.2 Å². The van der Waals surface area contributed by atoms with E-state index in [1.165, 1.54) is 22.3 Å². The van der Waals surface area contributed by atoms with Gasteiger partial charge in [0.1, 0.15) is 0 Å². The minimum absolute atomic E-state index is 0.150. The van der Waals surface area contributed by atoms with Crippen LogP contribution in [0.1, 0.15) is 76.1 Å². The molecule has 3 N–H and O–H groups in total. The molecule has 1 heterocycles. The third-order valence-corrected chi connectivity index (χ3v) is 6.84. The van der Waals surface area contributed by atoms with Crippen LogP contribution in [0.15, 0.2) is 61.2 Å². The Morgan fingerprint density at radius 2 is 1.45 bits per heavy atom. The monoisotopic (exact) mass is 463 g/mol. The molecule has 33 heavy (non-hydrogen) atoms. The van der Waals surface area contributed by atoms with E-state index in [1.807, 2.05) is 6.08 Å². The molecule has 0 spiro atoms. The highest BCUT2D eigenvalue weighted by atomic mass is 32.1. The van der Waals surface area contributed by atoms with Crippen LogP contribution in [-0.4, -0.2) is 30.3 Å². The van der Waals surface area contributed by atoms with E-state index in [2.05, 4.69) is 113 Å². The van der Waals surface area contributed by atoms with Crippen LogP contribution in [-0.2, 0) is 10.8 Å². The van der Waals surface area contributed by atoms with Gasteiger partial charge in [0.2, 0.25) is 0 Å². The molecule has 4 heteroatoms. The molecule has 2 atom stereocenters. The second-order valence-electron chi connectivity index (χ2n) is 11.3. The van der Waals surface area contributed by atoms with E-state index in [4.69, 9.17) is 12.2 Å². The summed E-state index contributed by atoms with van der Waals surface area (Å²) < 4.78 is 0. The predicted octanol–water partition coefficient (Wildman–Crippen LogP) is 5.79. The van der Waals surface area contributed by atoms with Crippen molar-refractivity contribution < 1.29 is 0 Å². The normalized spacial score (nSPS) is 18.9. The Bertz CT molecular complexity index is 875. The van der Waals surface area contributed by atoms with Gasteiger partial charge in [-0.05, 0) is 51.7 Å². The fourth-order valence-corrected chi connectivity index (χ4v) is 4.82. The standard InChI is InChI=1S/C29H41N3S/c1-8-17-30-27(33)32-24-18-25(31-19-24)26(20-9-13-22(14-10-20)28(2,3)4)21-11-15-23(16-12-21)29(5,6)7/h8-16,24-26,31H,1,17-19H2,2-7H3,(H2,30,32,33)/t24-,25?/m1/s1. The first-order valence-electron chi connectivity index (χ1n) is 12.1. The second kappa shape index (κ2) is 10.4. The zero-order chi connectivity index (χ0) is 24.2. The third-order valence-electron chi connectivity index (χ3n) is 6.58. The van der Waals surface area contributed by atoms with Gasteiger partial charge in [-0.3, -0.25) is 0 Å². The number of thiocarbonyl (C=S) groups is 1. The van der Waals surface area contributed by atoms with E-state index in [-0.39, 0.29) is 16.7 Å². The maximum atomic E-state index is 5.45. The summed E-state index contributed by atoms with van der Waals surface area (Å²) in [5, 5.41) is 11.1. The minimum atomic E-state index is 0.150. The highest BCUT2D eigenvalue weighted by Crippen LogP contribution is 2.35. The van der Waals surface area contributed by atoms with E-state index in [1.54, 1.807) is 0 Å². The number of rotatable bonds is 6. The molecule has 3 rings (SSSR count). The van der Waals surface area contributed by atoms with E-state index < -0.39 is 0 Å². The van der Waals surface area contributed by atoms with Crippen LogP contribution in [0, 0.1) is 0 Å². The van der Waals surface area contributed by atoms with E-state index in [0.29, 0.717) is 23.7 Å². The van der Waals surface area contributed by atoms with E-state index in [9.17, 15) is 0 Å². The molecule has 0 saturated carbocycles. The number of benzene rings is 2. The Balaban J connectivity index is 1.86. The summed E-state index contributed by atoms with van der Waals surface area (Å²) in [6, 6.07) is 19.1. The molecule has 2 aromatic rings. The number of hydrogen-bond acceptors (Lipinski definition) is 2. The summed E-state index contributed by atoms with van der Waals surface area (Å²) >= 11 is 5.45. The molecule has 0 radical (unpaired) electrons. The van der Waals surface area contributed by atoms with Crippen molar-refractivity contribution in [2.75, 3.05) is 13.1 Å². The molecule has 0 aromatic heterocycles. The van der Waals surface area contributed by atoms with Gasteiger partial charge >= 0.3 is 0 Å². The van der Waals surface area contributed by atoms with Crippen molar-refractivity contribution in [2.24, 2.45) is 0 Å². The van der Waals surface area contributed by atoms with Crippen molar-refractivity contribution in [1.82, 2.24) is 16.0 Å². The van der Waals surface area contributed by atoms with Gasteiger partial charge in [0.25, 0.3) is 0 Å². The van der Waals surface area contributed by atoms with Crippen LogP contribution in [0.25, 0.3) is 0 Å². The Hall–Kier alpha value is -2.17. The lowest BCUT2D eigenvalue weighted by molar-refractivity contribution is 0.529. The van der Waals surface area contributed by atoms with Gasteiger partial charge < -0.3 is 16.0 Å². The lowest BCUT2D eigenvalue weighted by Crippen LogP contribution is -2.42. The topological polar surface area (TPSA) is 36.1 Å². The molecule has 1 saturated heterocycles. The fourth-order valence-electron chi connectivity index (χ4n) is 4.57. The summed E-state index contributed by atoms with van der Waals surface area (Å²) in [7, 11) is 0. The van der Waals surface area contributed by atoms with Crippen LogP contribution < -0.4 is 16.0 Å². The van der Waals surface area contributed by atoms with Crippen molar-refractivity contribution in [3.8, 4) is 0 Å². The van der Waals surface area contributed by atoms with Crippen molar-refractivity contribution in [3.63, 3.8) is 0 Å². The van der Waals surface area contributed by atoms with E-state index in [0.717, 1.165) is 13.0 Å². The number of nitrogens with one attached hydrogen (secondary N) is 3. The van der Waals surface area contributed by atoms with Gasteiger partial charge in [-0.25, -0.2) is 0 Å². The Morgan fingerprint density at radius 1 is 0.970 bits per heavy atom. The van der Waals surface area contributed by atoms with Gasteiger partial charge in [0.15, 0.2) is 5.11 Å². The average Bonchev–Trinajstić information content (AvgIpc) is 3.19. The summed E-state index contributed by atoms with van der Waals surface area (Å²) in [4.78, 5) is 0. The zero-order valence-corrected chi connectivity index (χ0v) is 22.0. The Morgan fingerprint density at radius 3 is 1.88 bits per heavy atom. The summed E-state index contributed by atoms with van der Waals surface area (Å²) in [5.74, 6) is 0.287. The highest BCUT2D eigenvalue weighted by Gasteiger charge is 2.33. The van der Waals surface area contributed by atoms with Gasteiger partial charge in [0.05, 0.1) is 0 Å². The average molecular weight is 464 g/mol. The molecule has 0 bridgehead atoms. The van der Waals surface area contributed by atoms with Gasteiger partial charge in [0, 0.05) is 31.1 Å². The molecule has 0 aliphatic carbocycles. The minimum Gasteiger partial charge on any atom is -0.359 e. The molecule has 2 aromatic carbocycles. The lowest BCUT2D eigenvalue weighted by atomic mass is 9.80. The predicted molar refractivity (Wildman–Crippen MR) is 146 cm³/mol. The van der Waals surface area contributed by atoms with Crippen molar-refractivity contribution in [2.45, 2.75) is 76.8 Å². The molecular formula is C29H41N3S. The summed E-state index contributed by atoms with van der Waals surface area (Å²) in [6.45, 7) is 18.9. The van der Waals surface area contributed by atoms with Crippen molar-refractivity contribution in [1.29, 1.82) is 0 Å². The van der Waals surface area contributed by atoms with Crippen LogP contribution in [0.3, 0.4) is 0 Å². The molecule has 1 fully saturated rings. The smallest absolute Gasteiger partial charge is 0.166 e. The third kappa shape index (κ3) is 6.68. The second-order valence-corrected chi connectivity index (χ2v) is 11.7. The lowest BCUT2D eigenvalue weighted by Gasteiger charge is -2.28. The summed E-state index contributed by atoms with van der Waals surface area (Å²) in [5.41, 5.74) is 5.75. The Labute approximate surface area is 206 Å². The molecule has 1 aliphatic heterocycles. The van der Waals surface area contributed by atoms with Crippen LogP contribution in [0.4, 0.5) is 0 Å². The molecule has 0 amide bonds. The summed E-state index contributed by atoms with van der Waals surface area (Å²) in [6.07, 6.45) is 2.84. The molecule has 3 nitrogen and oxygen atoms in total. The number of hydrogen-bond donors (Lipinski definition) is 3. The van der Waals surface area contributed by atoms with Gasteiger partial charge in [-0.2, -0.15) is 0 Å². The first kappa shape index (κ1) is 25.5. The van der Waals surface area contributed by atoms with E-state index >= 15 is 0 Å². The van der Waals surface area contributed by atoms with Crippen LogP contribution in [0.5, 0.6) is 0 Å². The maximum absolute atomic E-state index is 5.45. The fraction of sp³-hybridized carbons (Fsp3) is 0.483. The first-order valence-corrected chi connectivity index (χ1v) is 12.5. The maximum Gasteiger partial charge on any atom is 0.166 e. The SMILES string of the molecule is C=CCNC(=S)N[C@H]1CNC(C(c2ccc(C(C)(C)C)cc2)c2ccc(C(C)(C)C)cc2)C1. The molecule has 1 unspecified atom stereocenters. The highest BCUT2D eigenvalue weighted by molar-refractivity contribution is 7.80. The molecule has 1 aliphatic rings. The largest absolute Gasteiger partial charge is 0.359 e. The first-order chi connectivity index (χ1) is 15.5. The zero-order valence-electron chi connectivity index (χ0n) is 21.2. The molecule has 178 valence electrons.